The van der Waals surface area contributed by atoms with Crippen molar-refractivity contribution in [2.45, 2.75) is 6.42 Å². The quantitative estimate of drug-likeness (QED) is 0.603. The number of benzene rings is 2. The normalized spacial score (nSPS) is 15.6. The van der Waals surface area contributed by atoms with Gasteiger partial charge in [-0.1, -0.05) is 18.2 Å². The zero-order chi connectivity index (χ0) is 20.2. The minimum atomic E-state index is -0.0923. The van der Waals surface area contributed by atoms with Gasteiger partial charge >= 0.3 is 0 Å². The first-order valence-corrected chi connectivity index (χ1v) is 9.84. The number of ether oxygens (including phenoxy) is 2. The smallest absolute Gasteiger partial charge is 0.251 e. The summed E-state index contributed by atoms with van der Waals surface area (Å²) in [6, 6.07) is 13.7. The Hall–Kier alpha value is -3.06. The fourth-order valence-electron chi connectivity index (χ4n) is 3.63. The SMILES string of the molecule is COCCNc1nc2cc(C(=O)NC[C@H]3COc4ccccc4C3)ccc2n1C. The Kier molecular flexibility index (Phi) is 5.67. The van der Waals surface area contributed by atoms with Crippen LogP contribution in [-0.2, 0) is 18.2 Å². The van der Waals surface area contributed by atoms with Crippen LogP contribution in [0, 0.1) is 5.92 Å². The van der Waals surface area contributed by atoms with Gasteiger partial charge in [-0.2, -0.15) is 0 Å². The van der Waals surface area contributed by atoms with Crippen LogP contribution in [0.1, 0.15) is 15.9 Å². The van der Waals surface area contributed by atoms with Crippen molar-refractivity contribution in [3.8, 4) is 5.75 Å². The number of carbonyl (C=O) groups excluding carboxylic acids is 1. The van der Waals surface area contributed by atoms with Gasteiger partial charge in [0.15, 0.2) is 0 Å². The molecule has 0 saturated carbocycles. The van der Waals surface area contributed by atoms with Crippen molar-refractivity contribution in [2.24, 2.45) is 13.0 Å². The predicted octanol–water partition coefficient (Wildman–Crippen LogP) is 2.61. The summed E-state index contributed by atoms with van der Waals surface area (Å²) in [5.74, 6) is 1.88. The highest BCUT2D eigenvalue weighted by Crippen LogP contribution is 2.26. The lowest BCUT2D eigenvalue weighted by molar-refractivity contribution is 0.0939. The van der Waals surface area contributed by atoms with E-state index >= 15 is 0 Å². The lowest BCUT2D eigenvalue weighted by Crippen LogP contribution is -2.34. The maximum absolute atomic E-state index is 12.7. The molecule has 2 aromatic carbocycles. The van der Waals surface area contributed by atoms with Gasteiger partial charge in [0.05, 0.1) is 24.2 Å². The van der Waals surface area contributed by atoms with Crippen molar-refractivity contribution in [1.82, 2.24) is 14.9 Å². The van der Waals surface area contributed by atoms with Crippen LogP contribution >= 0.6 is 0 Å². The molecule has 0 unspecified atom stereocenters. The van der Waals surface area contributed by atoms with Crippen molar-refractivity contribution in [1.29, 1.82) is 0 Å². The van der Waals surface area contributed by atoms with E-state index in [0.29, 0.717) is 31.9 Å². The number of hydrogen-bond acceptors (Lipinski definition) is 5. The maximum atomic E-state index is 12.7. The third-order valence-corrected chi connectivity index (χ3v) is 5.24. The molecule has 1 atom stereocenters. The van der Waals surface area contributed by atoms with E-state index in [1.807, 2.05) is 48.0 Å². The number of para-hydroxylation sites is 1. The number of aryl methyl sites for hydroxylation is 1. The Labute approximate surface area is 170 Å². The summed E-state index contributed by atoms with van der Waals surface area (Å²) in [4.78, 5) is 17.3. The van der Waals surface area contributed by atoms with E-state index in [4.69, 9.17) is 9.47 Å². The van der Waals surface area contributed by atoms with Crippen LogP contribution in [0.25, 0.3) is 11.0 Å². The van der Waals surface area contributed by atoms with Crippen molar-refractivity contribution < 1.29 is 14.3 Å². The van der Waals surface area contributed by atoms with Crippen molar-refractivity contribution in [3.63, 3.8) is 0 Å². The Morgan fingerprint density at radius 3 is 3.03 bits per heavy atom. The lowest BCUT2D eigenvalue weighted by atomic mass is 9.96. The predicted molar refractivity (Wildman–Crippen MR) is 113 cm³/mol. The number of methoxy groups -OCH3 is 1. The number of anilines is 1. The molecule has 0 saturated heterocycles. The third-order valence-electron chi connectivity index (χ3n) is 5.24. The minimum Gasteiger partial charge on any atom is -0.493 e. The summed E-state index contributed by atoms with van der Waals surface area (Å²) < 4.78 is 12.8. The summed E-state index contributed by atoms with van der Waals surface area (Å²) in [5, 5.41) is 6.28. The van der Waals surface area contributed by atoms with Crippen LogP contribution in [0.3, 0.4) is 0 Å². The first-order valence-electron chi connectivity index (χ1n) is 9.84. The van der Waals surface area contributed by atoms with Crippen molar-refractivity contribution in [3.05, 3.63) is 53.6 Å². The zero-order valence-electron chi connectivity index (χ0n) is 16.8. The van der Waals surface area contributed by atoms with E-state index in [-0.39, 0.29) is 11.8 Å². The second-order valence-electron chi connectivity index (χ2n) is 7.32. The third kappa shape index (κ3) is 4.19. The average Bonchev–Trinajstić information content (AvgIpc) is 3.07. The fraction of sp³-hybridized carbons (Fsp3) is 0.364. The molecular formula is C22H26N4O3. The summed E-state index contributed by atoms with van der Waals surface area (Å²) in [6.45, 7) is 2.48. The maximum Gasteiger partial charge on any atom is 0.251 e. The molecule has 1 aromatic heterocycles. The minimum absolute atomic E-state index is 0.0923. The van der Waals surface area contributed by atoms with Crippen LogP contribution in [0.2, 0.25) is 0 Å². The molecule has 0 radical (unpaired) electrons. The number of nitrogens with one attached hydrogen (secondary N) is 2. The Balaban J connectivity index is 1.39. The van der Waals surface area contributed by atoms with Gasteiger partial charge < -0.3 is 24.7 Å². The second kappa shape index (κ2) is 8.53. The van der Waals surface area contributed by atoms with Crippen LogP contribution in [0.4, 0.5) is 5.95 Å². The summed E-state index contributed by atoms with van der Waals surface area (Å²) in [7, 11) is 3.62. The zero-order valence-corrected chi connectivity index (χ0v) is 16.8. The van der Waals surface area contributed by atoms with Crippen LogP contribution in [0.5, 0.6) is 5.75 Å². The van der Waals surface area contributed by atoms with E-state index in [1.54, 1.807) is 7.11 Å². The van der Waals surface area contributed by atoms with Gasteiger partial charge in [0.2, 0.25) is 5.95 Å². The Morgan fingerprint density at radius 1 is 1.31 bits per heavy atom. The molecule has 0 spiro atoms. The lowest BCUT2D eigenvalue weighted by Gasteiger charge is -2.25. The van der Waals surface area contributed by atoms with E-state index < -0.39 is 0 Å². The molecule has 3 aromatic rings. The van der Waals surface area contributed by atoms with Gasteiger partial charge in [-0.15, -0.1) is 0 Å². The molecule has 0 aliphatic carbocycles. The number of carbonyl (C=O) groups is 1. The van der Waals surface area contributed by atoms with Gasteiger partial charge in [-0.25, -0.2) is 4.98 Å². The summed E-state index contributed by atoms with van der Waals surface area (Å²) >= 11 is 0. The highest BCUT2D eigenvalue weighted by molar-refractivity contribution is 5.97. The number of nitrogens with zero attached hydrogens (tertiary/aromatic N) is 2. The molecule has 1 amide bonds. The first-order chi connectivity index (χ1) is 14.2. The van der Waals surface area contributed by atoms with E-state index in [1.165, 1.54) is 5.56 Å². The molecular weight excluding hydrogens is 368 g/mol. The van der Waals surface area contributed by atoms with E-state index in [9.17, 15) is 4.79 Å². The Bertz CT molecular complexity index is 1010. The number of fused-ring (bicyclic) bond motifs is 2. The van der Waals surface area contributed by atoms with Crippen molar-refractivity contribution in [2.75, 3.05) is 38.7 Å². The average molecular weight is 394 g/mol. The van der Waals surface area contributed by atoms with Gasteiger partial charge in [0, 0.05) is 38.7 Å². The highest BCUT2D eigenvalue weighted by atomic mass is 16.5. The molecule has 2 N–H and O–H groups in total. The largest absolute Gasteiger partial charge is 0.493 e. The monoisotopic (exact) mass is 394 g/mol. The standard InChI is InChI=1S/C22H26N4O3/c1-26-19-8-7-17(12-18(19)25-22(26)23-9-10-28-2)21(27)24-13-15-11-16-5-3-4-6-20(16)29-14-15/h3-8,12,15H,9-11,13-14H2,1-2H3,(H,23,25)(H,24,27)/t15-/m0/s1. The van der Waals surface area contributed by atoms with Crippen molar-refractivity contribution >= 4 is 22.9 Å². The van der Waals surface area contributed by atoms with E-state index in [2.05, 4.69) is 21.7 Å². The number of imidazole rings is 1. The molecule has 29 heavy (non-hydrogen) atoms. The molecule has 0 fully saturated rings. The number of rotatable bonds is 7. The first kappa shape index (κ1) is 19.3. The van der Waals surface area contributed by atoms with Gasteiger partial charge in [-0.05, 0) is 36.2 Å². The van der Waals surface area contributed by atoms with Crippen LogP contribution in [0.15, 0.2) is 42.5 Å². The molecule has 152 valence electrons. The van der Waals surface area contributed by atoms with Crippen LogP contribution in [-0.4, -0.2) is 48.9 Å². The second-order valence-corrected chi connectivity index (χ2v) is 7.32. The van der Waals surface area contributed by atoms with Gasteiger partial charge in [0.25, 0.3) is 5.91 Å². The molecule has 7 heteroatoms. The molecule has 1 aliphatic heterocycles. The molecule has 2 heterocycles. The van der Waals surface area contributed by atoms with E-state index in [0.717, 1.165) is 29.2 Å². The summed E-state index contributed by atoms with van der Waals surface area (Å²) in [6.07, 6.45) is 0.909. The molecule has 1 aliphatic rings. The Morgan fingerprint density at radius 2 is 2.17 bits per heavy atom. The van der Waals surface area contributed by atoms with Crippen LogP contribution < -0.4 is 15.4 Å². The molecule has 0 bridgehead atoms. The van der Waals surface area contributed by atoms with Gasteiger partial charge in [-0.3, -0.25) is 4.79 Å². The fourth-order valence-corrected chi connectivity index (χ4v) is 3.63. The number of hydrogen-bond donors (Lipinski definition) is 2. The number of aromatic nitrogens is 2. The van der Waals surface area contributed by atoms with Gasteiger partial charge in [0.1, 0.15) is 5.75 Å². The topological polar surface area (TPSA) is 77.4 Å². The molecule has 4 rings (SSSR count). The highest BCUT2D eigenvalue weighted by Gasteiger charge is 2.20. The molecule has 7 nitrogen and oxygen atoms in total. The summed E-state index contributed by atoms with van der Waals surface area (Å²) in [5.41, 5.74) is 3.56. The number of amides is 1.